The zero-order valence-corrected chi connectivity index (χ0v) is 12.3. The van der Waals surface area contributed by atoms with E-state index >= 15 is 0 Å². The van der Waals surface area contributed by atoms with Crippen molar-refractivity contribution < 1.29 is 4.39 Å². The third kappa shape index (κ3) is 2.08. The van der Waals surface area contributed by atoms with E-state index < -0.39 is 0 Å². The largest absolute Gasteiger partial charge is 0.368 e. The van der Waals surface area contributed by atoms with Gasteiger partial charge < -0.3 is 10.3 Å². The molecule has 0 saturated heterocycles. The molecule has 2 heterocycles. The van der Waals surface area contributed by atoms with Crippen LogP contribution in [0.25, 0.3) is 22.0 Å². The van der Waals surface area contributed by atoms with E-state index in [9.17, 15) is 4.39 Å². The summed E-state index contributed by atoms with van der Waals surface area (Å²) >= 11 is 0. The van der Waals surface area contributed by atoms with Crippen LogP contribution in [0.5, 0.6) is 0 Å². The van der Waals surface area contributed by atoms with Gasteiger partial charge in [0.15, 0.2) is 0 Å². The highest BCUT2D eigenvalue weighted by Crippen LogP contribution is 2.29. The number of nitrogens with one attached hydrogen (secondary N) is 2. The Morgan fingerprint density at radius 1 is 1.05 bits per heavy atom. The lowest BCUT2D eigenvalue weighted by Gasteiger charge is -2.05. The van der Waals surface area contributed by atoms with Gasteiger partial charge in [-0.2, -0.15) is 0 Å². The molecule has 0 spiro atoms. The van der Waals surface area contributed by atoms with E-state index in [1.165, 1.54) is 12.1 Å². The lowest BCUT2D eigenvalue weighted by molar-refractivity contribution is 0.628. The highest BCUT2D eigenvalue weighted by atomic mass is 19.1. The minimum Gasteiger partial charge on any atom is -0.368 e. The predicted molar refractivity (Wildman–Crippen MR) is 87.8 cm³/mol. The SMILES string of the molecule is Cc1[nH]c2ccc(-c3ccc(F)cc3)cc2c1C1=NCCN1. The van der Waals surface area contributed by atoms with E-state index in [4.69, 9.17) is 0 Å². The highest BCUT2D eigenvalue weighted by Gasteiger charge is 2.17. The lowest BCUT2D eigenvalue weighted by Crippen LogP contribution is -2.19. The Hall–Kier alpha value is -2.62. The fourth-order valence-electron chi connectivity index (χ4n) is 3.02. The fourth-order valence-corrected chi connectivity index (χ4v) is 3.02. The van der Waals surface area contributed by atoms with Crippen molar-refractivity contribution in [2.75, 3.05) is 13.1 Å². The van der Waals surface area contributed by atoms with Crippen molar-refractivity contribution in [2.45, 2.75) is 6.92 Å². The Bertz CT molecular complexity index is 875. The number of H-pyrrole nitrogens is 1. The second-order valence-corrected chi connectivity index (χ2v) is 5.55. The summed E-state index contributed by atoms with van der Waals surface area (Å²) in [5, 5.41) is 4.48. The number of benzene rings is 2. The maximum Gasteiger partial charge on any atom is 0.130 e. The Kier molecular flexibility index (Phi) is 2.96. The molecule has 22 heavy (non-hydrogen) atoms. The van der Waals surface area contributed by atoms with Crippen molar-refractivity contribution in [3.05, 3.63) is 59.5 Å². The van der Waals surface area contributed by atoms with Gasteiger partial charge in [0.2, 0.25) is 0 Å². The quantitative estimate of drug-likeness (QED) is 0.744. The molecule has 3 nitrogen and oxygen atoms in total. The molecule has 1 aliphatic heterocycles. The van der Waals surface area contributed by atoms with Gasteiger partial charge in [0.25, 0.3) is 0 Å². The summed E-state index contributed by atoms with van der Waals surface area (Å²) in [6, 6.07) is 12.9. The zero-order chi connectivity index (χ0) is 15.1. The normalized spacial score (nSPS) is 14.2. The van der Waals surface area contributed by atoms with Gasteiger partial charge in [-0.3, -0.25) is 4.99 Å². The Morgan fingerprint density at radius 3 is 2.55 bits per heavy atom. The van der Waals surface area contributed by atoms with Crippen LogP contribution in [0.2, 0.25) is 0 Å². The molecule has 0 atom stereocenters. The fraction of sp³-hybridized carbons (Fsp3) is 0.167. The molecule has 2 aromatic carbocycles. The van der Waals surface area contributed by atoms with E-state index in [0.29, 0.717) is 0 Å². The van der Waals surface area contributed by atoms with Crippen LogP contribution in [0.3, 0.4) is 0 Å². The van der Waals surface area contributed by atoms with Crippen molar-refractivity contribution >= 4 is 16.7 Å². The van der Waals surface area contributed by atoms with Crippen molar-refractivity contribution in [1.82, 2.24) is 10.3 Å². The number of halogens is 1. The average Bonchev–Trinajstić information content (AvgIpc) is 3.13. The molecule has 0 fully saturated rings. The predicted octanol–water partition coefficient (Wildman–Crippen LogP) is 3.63. The van der Waals surface area contributed by atoms with Gasteiger partial charge in [-0.1, -0.05) is 18.2 Å². The summed E-state index contributed by atoms with van der Waals surface area (Å²) in [6.07, 6.45) is 0. The van der Waals surface area contributed by atoms with Gasteiger partial charge in [-0.05, 0) is 42.3 Å². The van der Waals surface area contributed by atoms with Gasteiger partial charge in [0.1, 0.15) is 11.7 Å². The van der Waals surface area contributed by atoms with Crippen molar-refractivity contribution in [2.24, 2.45) is 4.99 Å². The maximum atomic E-state index is 13.1. The number of rotatable bonds is 2. The summed E-state index contributed by atoms with van der Waals surface area (Å²) in [4.78, 5) is 7.95. The number of aliphatic imine (C=N–C) groups is 1. The number of hydrogen-bond acceptors (Lipinski definition) is 2. The maximum absolute atomic E-state index is 13.1. The summed E-state index contributed by atoms with van der Waals surface area (Å²) < 4.78 is 13.1. The molecule has 0 saturated carbocycles. The Morgan fingerprint density at radius 2 is 1.82 bits per heavy atom. The molecular weight excluding hydrogens is 277 g/mol. The molecule has 0 radical (unpaired) electrons. The Balaban J connectivity index is 1.89. The van der Waals surface area contributed by atoms with Gasteiger partial charge in [0.05, 0.1) is 6.54 Å². The third-order valence-corrected chi connectivity index (χ3v) is 4.07. The first-order valence-electron chi connectivity index (χ1n) is 7.39. The first-order chi connectivity index (χ1) is 10.7. The molecule has 0 bridgehead atoms. The van der Waals surface area contributed by atoms with E-state index in [2.05, 4.69) is 40.4 Å². The van der Waals surface area contributed by atoms with E-state index in [-0.39, 0.29) is 5.82 Å². The zero-order valence-electron chi connectivity index (χ0n) is 12.3. The molecule has 110 valence electrons. The molecule has 1 aliphatic rings. The number of aryl methyl sites for hydroxylation is 1. The monoisotopic (exact) mass is 293 g/mol. The topological polar surface area (TPSA) is 40.2 Å². The molecule has 2 N–H and O–H groups in total. The molecule has 0 aliphatic carbocycles. The van der Waals surface area contributed by atoms with Crippen molar-refractivity contribution in [3.8, 4) is 11.1 Å². The van der Waals surface area contributed by atoms with E-state index in [0.717, 1.165) is 52.2 Å². The van der Waals surface area contributed by atoms with Crippen LogP contribution in [0.1, 0.15) is 11.3 Å². The van der Waals surface area contributed by atoms with Crippen LogP contribution in [0, 0.1) is 12.7 Å². The minimum absolute atomic E-state index is 0.215. The summed E-state index contributed by atoms with van der Waals surface area (Å²) in [7, 11) is 0. The second-order valence-electron chi connectivity index (χ2n) is 5.55. The number of fused-ring (bicyclic) bond motifs is 1. The Labute approximate surface area is 127 Å². The minimum atomic E-state index is -0.215. The van der Waals surface area contributed by atoms with E-state index in [1.54, 1.807) is 12.1 Å². The molecule has 4 rings (SSSR count). The van der Waals surface area contributed by atoms with Crippen LogP contribution in [-0.4, -0.2) is 23.9 Å². The van der Waals surface area contributed by atoms with Crippen LogP contribution >= 0.6 is 0 Å². The molecule has 3 aromatic rings. The van der Waals surface area contributed by atoms with Crippen molar-refractivity contribution in [1.29, 1.82) is 0 Å². The average molecular weight is 293 g/mol. The van der Waals surface area contributed by atoms with Crippen LogP contribution < -0.4 is 5.32 Å². The number of hydrogen-bond donors (Lipinski definition) is 2. The van der Waals surface area contributed by atoms with Gasteiger partial charge in [-0.25, -0.2) is 4.39 Å². The smallest absolute Gasteiger partial charge is 0.130 e. The van der Waals surface area contributed by atoms with Crippen LogP contribution in [0.4, 0.5) is 4.39 Å². The molecule has 0 amide bonds. The molecule has 0 unspecified atom stereocenters. The second kappa shape index (κ2) is 4.98. The standard InChI is InChI=1S/C18H16FN3/c1-11-17(18-20-8-9-21-18)15-10-13(4-7-16(15)22-11)12-2-5-14(19)6-3-12/h2-7,10,22H,8-9H2,1H3,(H,20,21). The van der Waals surface area contributed by atoms with Gasteiger partial charge >= 0.3 is 0 Å². The van der Waals surface area contributed by atoms with Gasteiger partial charge in [-0.15, -0.1) is 0 Å². The molecule has 4 heteroatoms. The van der Waals surface area contributed by atoms with Crippen LogP contribution in [0.15, 0.2) is 47.5 Å². The number of amidine groups is 1. The summed E-state index contributed by atoms with van der Waals surface area (Å²) in [5.41, 5.74) is 5.42. The first kappa shape index (κ1) is 13.1. The highest BCUT2D eigenvalue weighted by molar-refractivity contribution is 6.12. The number of nitrogens with zero attached hydrogens (tertiary/aromatic N) is 1. The van der Waals surface area contributed by atoms with Gasteiger partial charge in [0, 0.05) is 28.7 Å². The summed E-state index contributed by atoms with van der Waals surface area (Å²) in [6.45, 7) is 3.77. The summed E-state index contributed by atoms with van der Waals surface area (Å²) in [5.74, 6) is 0.743. The van der Waals surface area contributed by atoms with Crippen LogP contribution in [-0.2, 0) is 0 Å². The number of aromatic nitrogens is 1. The van der Waals surface area contributed by atoms with Crippen molar-refractivity contribution in [3.63, 3.8) is 0 Å². The van der Waals surface area contributed by atoms with E-state index in [1.807, 2.05) is 0 Å². The molecular formula is C18H16FN3. The third-order valence-electron chi connectivity index (χ3n) is 4.07. The number of aromatic amines is 1. The molecule has 1 aromatic heterocycles. The lowest BCUT2D eigenvalue weighted by atomic mass is 10.0. The first-order valence-corrected chi connectivity index (χ1v) is 7.39.